The maximum Gasteiger partial charge on any atom is 0.222 e. The Morgan fingerprint density at radius 2 is 2.23 bits per heavy atom. The second-order valence-electron chi connectivity index (χ2n) is 7.64. The van der Waals surface area contributed by atoms with Crippen molar-refractivity contribution in [2.75, 3.05) is 33.2 Å². The van der Waals surface area contributed by atoms with Gasteiger partial charge in [-0.05, 0) is 32.2 Å². The number of hydrogen-bond acceptors (Lipinski definition) is 4. The zero-order valence-corrected chi connectivity index (χ0v) is 16.8. The van der Waals surface area contributed by atoms with Crippen molar-refractivity contribution in [1.82, 2.24) is 25.1 Å². The predicted octanol–water partition coefficient (Wildman–Crippen LogP) is 2.44. The largest absolute Gasteiger partial charge is 0.344 e. The van der Waals surface area contributed by atoms with Gasteiger partial charge >= 0.3 is 0 Å². The minimum atomic E-state index is 0.326. The number of likely N-dealkylation sites (N-methyl/N-ethyl adjacent to an activating group) is 1. The Morgan fingerprint density at radius 3 is 3.00 bits per heavy atom. The summed E-state index contributed by atoms with van der Waals surface area (Å²) in [6.07, 6.45) is 6.00. The highest BCUT2D eigenvalue weighted by atomic mass is 35.5. The molecule has 0 aromatic carbocycles. The Kier molecular flexibility index (Phi) is 6.95. The molecule has 6 nitrogen and oxygen atoms in total. The van der Waals surface area contributed by atoms with E-state index in [0.717, 1.165) is 76.3 Å². The standard InChI is InChI=1S/C19H32ClN5O/c1-3-4-5-17-22-15(19(20)23-17)13-24-10-8-16-14(12-24)6-7-18(26)25(16)11-9-21-2/h14,16,21H,3-13H2,1-2H3,(H,22,23)/t14-,16+/m0/s1. The van der Waals surface area contributed by atoms with E-state index in [1.807, 2.05) is 7.05 Å². The van der Waals surface area contributed by atoms with E-state index in [0.29, 0.717) is 29.4 Å². The van der Waals surface area contributed by atoms with Gasteiger partial charge < -0.3 is 15.2 Å². The van der Waals surface area contributed by atoms with Crippen molar-refractivity contribution in [1.29, 1.82) is 0 Å². The number of aromatic amines is 1. The van der Waals surface area contributed by atoms with E-state index in [1.165, 1.54) is 0 Å². The van der Waals surface area contributed by atoms with Gasteiger partial charge in [0.15, 0.2) is 5.15 Å². The lowest BCUT2D eigenvalue weighted by atomic mass is 9.83. The van der Waals surface area contributed by atoms with Gasteiger partial charge in [0.2, 0.25) is 5.91 Å². The lowest BCUT2D eigenvalue weighted by Crippen LogP contribution is -2.56. The highest BCUT2D eigenvalue weighted by Gasteiger charge is 2.39. The van der Waals surface area contributed by atoms with Gasteiger partial charge in [0, 0.05) is 51.6 Å². The Bertz CT molecular complexity index is 605. The minimum Gasteiger partial charge on any atom is -0.344 e. The molecular weight excluding hydrogens is 350 g/mol. The Morgan fingerprint density at radius 1 is 1.38 bits per heavy atom. The number of aromatic nitrogens is 2. The molecule has 0 bridgehead atoms. The number of carbonyl (C=O) groups is 1. The number of halogens is 1. The van der Waals surface area contributed by atoms with Gasteiger partial charge in [-0.3, -0.25) is 9.69 Å². The fourth-order valence-electron chi connectivity index (χ4n) is 4.32. The first-order chi connectivity index (χ1) is 12.6. The summed E-state index contributed by atoms with van der Waals surface area (Å²) in [6, 6.07) is 0.401. The van der Waals surface area contributed by atoms with Gasteiger partial charge in [0.1, 0.15) is 5.82 Å². The summed E-state index contributed by atoms with van der Waals surface area (Å²) in [5.41, 5.74) is 1.04. The van der Waals surface area contributed by atoms with Crippen molar-refractivity contribution in [3.8, 4) is 0 Å². The predicted molar refractivity (Wildman–Crippen MR) is 104 cm³/mol. The Hall–Kier alpha value is -1.11. The highest BCUT2D eigenvalue weighted by molar-refractivity contribution is 6.30. The molecule has 1 amide bonds. The number of unbranched alkanes of at least 4 members (excludes halogenated alkanes) is 1. The number of nitrogens with one attached hydrogen (secondary N) is 2. The molecule has 0 radical (unpaired) electrons. The zero-order valence-electron chi connectivity index (χ0n) is 16.1. The van der Waals surface area contributed by atoms with Crippen LogP contribution in [0.1, 0.15) is 50.5 Å². The molecule has 1 aromatic heterocycles. The third-order valence-corrected chi connectivity index (χ3v) is 6.07. The number of likely N-dealkylation sites (tertiary alicyclic amines) is 2. The van der Waals surface area contributed by atoms with Gasteiger partial charge in [-0.1, -0.05) is 24.9 Å². The number of amides is 1. The molecule has 2 atom stereocenters. The first-order valence-corrected chi connectivity index (χ1v) is 10.4. The van der Waals surface area contributed by atoms with Crippen molar-refractivity contribution in [3.05, 3.63) is 16.7 Å². The maximum atomic E-state index is 12.3. The number of aryl methyl sites for hydroxylation is 1. The third-order valence-electron chi connectivity index (χ3n) is 5.76. The first-order valence-electron chi connectivity index (χ1n) is 10.0. The fraction of sp³-hybridized carbons (Fsp3) is 0.789. The molecule has 146 valence electrons. The van der Waals surface area contributed by atoms with Crippen molar-refractivity contribution in [3.63, 3.8) is 0 Å². The van der Waals surface area contributed by atoms with Gasteiger partial charge in [-0.25, -0.2) is 4.98 Å². The van der Waals surface area contributed by atoms with Gasteiger partial charge in [-0.2, -0.15) is 0 Å². The normalized spacial score (nSPS) is 24.1. The summed E-state index contributed by atoms with van der Waals surface area (Å²) in [5, 5.41) is 3.78. The molecule has 26 heavy (non-hydrogen) atoms. The quantitative estimate of drug-likeness (QED) is 0.726. The van der Waals surface area contributed by atoms with Gasteiger partial charge in [-0.15, -0.1) is 0 Å². The van der Waals surface area contributed by atoms with Crippen LogP contribution in [0.2, 0.25) is 5.15 Å². The molecular formula is C19H32ClN5O. The molecule has 2 aliphatic rings. The number of rotatable bonds is 8. The molecule has 7 heteroatoms. The Labute approximate surface area is 161 Å². The van der Waals surface area contributed by atoms with Crippen LogP contribution in [0.3, 0.4) is 0 Å². The number of piperidine rings is 2. The van der Waals surface area contributed by atoms with E-state index in [-0.39, 0.29) is 0 Å². The SMILES string of the molecule is CCCCc1nc(Cl)c(CN2CC[C@@H]3[C@@H](CCC(=O)N3CCNC)C2)[nH]1. The summed E-state index contributed by atoms with van der Waals surface area (Å²) >= 11 is 6.35. The second kappa shape index (κ2) is 9.20. The van der Waals surface area contributed by atoms with E-state index in [4.69, 9.17) is 11.6 Å². The lowest BCUT2D eigenvalue weighted by molar-refractivity contribution is -0.141. The fourth-order valence-corrected chi connectivity index (χ4v) is 4.53. The van der Waals surface area contributed by atoms with E-state index < -0.39 is 0 Å². The molecule has 3 heterocycles. The molecule has 0 saturated carbocycles. The molecule has 2 saturated heterocycles. The number of hydrogen-bond donors (Lipinski definition) is 2. The average Bonchev–Trinajstić information content (AvgIpc) is 2.98. The van der Waals surface area contributed by atoms with Gasteiger partial charge in [0.05, 0.1) is 5.69 Å². The van der Waals surface area contributed by atoms with Crippen LogP contribution in [0.5, 0.6) is 0 Å². The summed E-state index contributed by atoms with van der Waals surface area (Å²) in [7, 11) is 1.94. The smallest absolute Gasteiger partial charge is 0.222 e. The molecule has 2 aliphatic heterocycles. The topological polar surface area (TPSA) is 64.3 Å². The molecule has 2 fully saturated rings. The van der Waals surface area contributed by atoms with Crippen LogP contribution in [-0.4, -0.2) is 64.9 Å². The van der Waals surface area contributed by atoms with E-state index >= 15 is 0 Å². The van der Waals surface area contributed by atoms with Gasteiger partial charge in [0.25, 0.3) is 0 Å². The van der Waals surface area contributed by atoms with Crippen LogP contribution < -0.4 is 5.32 Å². The van der Waals surface area contributed by atoms with Crippen molar-refractivity contribution < 1.29 is 4.79 Å². The van der Waals surface area contributed by atoms with Crippen LogP contribution in [-0.2, 0) is 17.8 Å². The summed E-state index contributed by atoms with van der Waals surface area (Å²) < 4.78 is 0. The second-order valence-corrected chi connectivity index (χ2v) is 8.00. The van der Waals surface area contributed by atoms with E-state index in [2.05, 4.69) is 32.0 Å². The van der Waals surface area contributed by atoms with E-state index in [9.17, 15) is 4.79 Å². The molecule has 0 aliphatic carbocycles. The molecule has 1 aromatic rings. The summed E-state index contributed by atoms with van der Waals surface area (Å²) in [4.78, 5) is 24.8. The van der Waals surface area contributed by atoms with Crippen LogP contribution in [0.25, 0.3) is 0 Å². The number of fused-ring (bicyclic) bond motifs is 1. The first kappa shape index (κ1) is 19.6. The molecule has 0 unspecified atom stereocenters. The molecule has 0 spiro atoms. The molecule has 3 rings (SSSR count). The van der Waals surface area contributed by atoms with Crippen molar-refractivity contribution in [2.24, 2.45) is 5.92 Å². The number of H-pyrrole nitrogens is 1. The van der Waals surface area contributed by atoms with Crippen molar-refractivity contribution in [2.45, 2.75) is 58.0 Å². The minimum absolute atomic E-state index is 0.326. The number of imidazole rings is 1. The average molecular weight is 382 g/mol. The number of carbonyl (C=O) groups excluding carboxylic acids is 1. The maximum absolute atomic E-state index is 12.3. The Balaban J connectivity index is 1.58. The monoisotopic (exact) mass is 381 g/mol. The third kappa shape index (κ3) is 4.59. The highest BCUT2D eigenvalue weighted by Crippen LogP contribution is 2.32. The summed E-state index contributed by atoms with van der Waals surface area (Å²) in [6.45, 7) is 6.74. The van der Waals surface area contributed by atoms with Crippen molar-refractivity contribution >= 4 is 17.5 Å². The number of nitrogens with zero attached hydrogens (tertiary/aromatic N) is 3. The van der Waals surface area contributed by atoms with E-state index in [1.54, 1.807) is 0 Å². The summed E-state index contributed by atoms with van der Waals surface area (Å²) in [5.74, 6) is 1.90. The van der Waals surface area contributed by atoms with Crippen LogP contribution in [0.15, 0.2) is 0 Å². The van der Waals surface area contributed by atoms with Crippen LogP contribution >= 0.6 is 11.6 Å². The van der Waals surface area contributed by atoms with Crippen LogP contribution in [0.4, 0.5) is 0 Å². The van der Waals surface area contributed by atoms with Crippen LogP contribution in [0, 0.1) is 5.92 Å². The molecule has 2 N–H and O–H groups in total. The zero-order chi connectivity index (χ0) is 18.5. The lowest BCUT2D eigenvalue weighted by Gasteiger charge is -2.47.